The van der Waals surface area contributed by atoms with E-state index in [2.05, 4.69) is 9.47 Å². The van der Waals surface area contributed by atoms with E-state index in [1.807, 2.05) is 0 Å². The van der Waals surface area contributed by atoms with Crippen molar-refractivity contribution in [2.24, 2.45) is 0 Å². The number of esters is 2. The predicted molar refractivity (Wildman–Crippen MR) is 80.9 cm³/mol. The zero-order valence-electron chi connectivity index (χ0n) is 15.3. The zero-order chi connectivity index (χ0) is 27.8. The molecule has 0 amide bonds. The van der Waals surface area contributed by atoms with Crippen LogP contribution in [0.1, 0.15) is 6.42 Å². The van der Waals surface area contributed by atoms with Crippen LogP contribution in [0.2, 0.25) is 0 Å². The summed E-state index contributed by atoms with van der Waals surface area (Å²) in [6, 6.07) is 0. The SMILES string of the molecule is O=C(CC(C(=O)OCC(F)(F)C(F)(F)C(F)(F)F)S(=O)(=O)O)OCC(F)(F)C(F)(F)C(F)(F)F.[NaH]. The van der Waals surface area contributed by atoms with Crippen molar-refractivity contribution in [2.75, 3.05) is 13.2 Å². The Morgan fingerprint density at radius 1 is 0.686 bits per heavy atom. The molecule has 0 heterocycles. The molecule has 0 rings (SSSR count). The molecule has 7 nitrogen and oxygen atoms in total. The molecule has 23 heteroatoms. The third-order valence-electron chi connectivity index (χ3n) is 3.42. The van der Waals surface area contributed by atoms with E-state index in [9.17, 15) is 79.5 Å². The van der Waals surface area contributed by atoms with Gasteiger partial charge in [-0.15, -0.1) is 0 Å². The van der Waals surface area contributed by atoms with E-state index in [1.54, 1.807) is 0 Å². The van der Waals surface area contributed by atoms with Crippen LogP contribution in [-0.2, 0) is 29.2 Å². The monoisotopic (exact) mass is 586 g/mol. The summed E-state index contributed by atoms with van der Waals surface area (Å²) in [5.74, 6) is -31.5. The Balaban J connectivity index is 0. The first-order chi connectivity index (χ1) is 14.6. The molecule has 0 saturated carbocycles. The van der Waals surface area contributed by atoms with Crippen LogP contribution in [0, 0.1) is 0 Å². The van der Waals surface area contributed by atoms with Crippen LogP contribution in [0.5, 0.6) is 0 Å². The Morgan fingerprint density at radius 2 is 1.00 bits per heavy atom. The van der Waals surface area contributed by atoms with Crippen molar-refractivity contribution < 1.29 is 93.5 Å². The van der Waals surface area contributed by atoms with Gasteiger partial charge in [0, 0.05) is 0 Å². The number of halogens is 14. The topological polar surface area (TPSA) is 107 Å². The van der Waals surface area contributed by atoms with Crippen molar-refractivity contribution >= 4 is 51.6 Å². The van der Waals surface area contributed by atoms with Crippen LogP contribution in [0.4, 0.5) is 61.5 Å². The molecule has 0 aromatic rings. The molecular formula is C12H9F14NaO7S. The van der Waals surface area contributed by atoms with Gasteiger partial charge in [-0.2, -0.15) is 69.9 Å². The van der Waals surface area contributed by atoms with Gasteiger partial charge in [0.05, 0.1) is 6.42 Å². The molecule has 0 bridgehead atoms. The second-order valence-electron chi connectivity index (χ2n) is 6.03. The molecule has 204 valence electrons. The Kier molecular flexibility index (Phi) is 11.4. The Labute approximate surface area is 206 Å². The molecule has 1 unspecified atom stereocenters. The summed E-state index contributed by atoms with van der Waals surface area (Å²) in [5, 5.41) is -3.55. The summed E-state index contributed by atoms with van der Waals surface area (Å²) in [7, 11) is -6.04. The number of carbonyl (C=O) groups is 2. The normalized spacial score (nSPS) is 15.2. The molecule has 0 spiro atoms. The molecule has 0 fully saturated rings. The zero-order valence-corrected chi connectivity index (χ0v) is 16.1. The minimum absolute atomic E-state index is 0. The van der Waals surface area contributed by atoms with Gasteiger partial charge in [-0.05, 0) is 0 Å². The molecule has 0 saturated heterocycles. The minimum atomic E-state index is -6.92. The molecule has 0 aliphatic carbocycles. The van der Waals surface area contributed by atoms with Gasteiger partial charge in [0.15, 0.2) is 18.5 Å². The number of carbonyl (C=O) groups excluding carboxylic acids is 2. The number of hydrogen-bond acceptors (Lipinski definition) is 6. The summed E-state index contributed by atoms with van der Waals surface area (Å²) < 4.78 is 212. The van der Waals surface area contributed by atoms with E-state index in [4.69, 9.17) is 4.55 Å². The fourth-order valence-electron chi connectivity index (χ4n) is 1.54. The van der Waals surface area contributed by atoms with Crippen LogP contribution in [-0.4, -0.2) is 109 Å². The third kappa shape index (κ3) is 8.45. The van der Waals surface area contributed by atoms with Crippen molar-refractivity contribution in [1.82, 2.24) is 0 Å². The summed E-state index contributed by atoms with van der Waals surface area (Å²) in [6.45, 7) is -6.32. The molecule has 0 radical (unpaired) electrons. The van der Waals surface area contributed by atoms with Gasteiger partial charge in [-0.3, -0.25) is 14.1 Å². The van der Waals surface area contributed by atoms with Crippen LogP contribution >= 0.6 is 0 Å². The van der Waals surface area contributed by atoms with E-state index < -0.39 is 83.0 Å². The van der Waals surface area contributed by atoms with Crippen LogP contribution in [0.15, 0.2) is 0 Å². The second-order valence-corrected chi connectivity index (χ2v) is 7.63. The predicted octanol–water partition coefficient (Wildman–Crippen LogP) is 2.74. The van der Waals surface area contributed by atoms with Crippen LogP contribution in [0.25, 0.3) is 0 Å². The van der Waals surface area contributed by atoms with Gasteiger partial charge in [0.25, 0.3) is 10.1 Å². The van der Waals surface area contributed by atoms with Crippen LogP contribution < -0.4 is 0 Å². The van der Waals surface area contributed by atoms with Gasteiger partial charge in [0.1, 0.15) is 0 Å². The van der Waals surface area contributed by atoms with E-state index in [0.717, 1.165) is 0 Å². The molecule has 0 aliphatic rings. The van der Waals surface area contributed by atoms with Crippen molar-refractivity contribution in [1.29, 1.82) is 0 Å². The van der Waals surface area contributed by atoms with Crippen molar-refractivity contribution in [3.8, 4) is 0 Å². The molecule has 35 heavy (non-hydrogen) atoms. The maximum absolute atomic E-state index is 13.0. The third-order valence-corrected chi connectivity index (χ3v) is 4.49. The van der Waals surface area contributed by atoms with E-state index in [-0.39, 0.29) is 29.6 Å². The van der Waals surface area contributed by atoms with Gasteiger partial charge >= 0.3 is 77.5 Å². The van der Waals surface area contributed by atoms with Crippen LogP contribution in [0.3, 0.4) is 0 Å². The van der Waals surface area contributed by atoms with E-state index in [0.29, 0.717) is 0 Å². The van der Waals surface area contributed by atoms with E-state index in [1.165, 1.54) is 0 Å². The standard InChI is InChI=1S/C12H8F14O7S.Na.H/c13-7(14,9(17,18)11(21,22)23)2-32-5(27)1-4(34(29,30)31)6(28)33-3-8(15,16)10(19,20)12(24,25)26;;/h4H,1-3H2,(H,29,30,31);;. The Bertz CT molecular complexity index is 868. The fourth-order valence-corrected chi connectivity index (χ4v) is 2.20. The first-order valence-corrected chi connectivity index (χ1v) is 9.05. The molecule has 0 aromatic carbocycles. The molecular weight excluding hydrogens is 577 g/mol. The van der Waals surface area contributed by atoms with Crippen molar-refractivity contribution in [3.05, 3.63) is 0 Å². The van der Waals surface area contributed by atoms with Gasteiger partial charge in [-0.1, -0.05) is 0 Å². The summed E-state index contributed by atoms with van der Waals surface area (Å²) >= 11 is 0. The Morgan fingerprint density at radius 3 is 1.29 bits per heavy atom. The number of alkyl halides is 14. The molecule has 0 aliphatic heterocycles. The van der Waals surface area contributed by atoms with Gasteiger partial charge < -0.3 is 9.47 Å². The summed E-state index contributed by atoms with van der Waals surface area (Å²) in [4.78, 5) is 22.6. The summed E-state index contributed by atoms with van der Waals surface area (Å²) in [6.07, 6.45) is -16.1. The number of ether oxygens (including phenoxy) is 2. The molecule has 1 atom stereocenters. The first-order valence-electron chi connectivity index (χ1n) is 7.55. The quantitative estimate of drug-likeness (QED) is 0.182. The second kappa shape index (κ2) is 11.1. The van der Waals surface area contributed by atoms with Crippen molar-refractivity contribution in [2.45, 2.75) is 47.7 Å². The number of rotatable bonds is 10. The van der Waals surface area contributed by atoms with Crippen molar-refractivity contribution in [3.63, 3.8) is 0 Å². The van der Waals surface area contributed by atoms with Gasteiger partial charge in [-0.25, -0.2) is 0 Å². The summed E-state index contributed by atoms with van der Waals surface area (Å²) in [5.41, 5.74) is 0. The maximum atomic E-state index is 13.0. The first kappa shape index (κ1) is 36.0. The average molecular weight is 586 g/mol. The van der Waals surface area contributed by atoms with E-state index >= 15 is 0 Å². The molecule has 0 aromatic heterocycles. The fraction of sp³-hybridized carbons (Fsp3) is 0.833. The average Bonchev–Trinajstić information content (AvgIpc) is 2.59. The van der Waals surface area contributed by atoms with Gasteiger partial charge in [0.2, 0.25) is 0 Å². The Hall–Kier alpha value is -1.13. The molecule has 1 N–H and O–H groups in total. The number of hydrogen-bond donors (Lipinski definition) is 1.